The molecule has 0 atom stereocenters. The Kier molecular flexibility index (Phi) is 3.86. The molecular formula is C13H19N3O3S. The number of sulfonamides is 1. The van der Waals surface area contributed by atoms with Crippen LogP contribution < -0.4 is 16.2 Å². The summed E-state index contributed by atoms with van der Waals surface area (Å²) in [5.41, 5.74) is 6.12. The minimum atomic E-state index is -3.81. The third-order valence-corrected chi connectivity index (χ3v) is 4.75. The van der Waals surface area contributed by atoms with E-state index in [1.807, 2.05) is 0 Å². The number of carbonyl (C=O) groups excluding carboxylic acids is 1. The Morgan fingerprint density at radius 1 is 1.30 bits per heavy atom. The van der Waals surface area contributed by atoms with Gasteiger partial charge in [0.15, 0.2) is 0 Å². The van der Waals surface area contributed by atoms with Crippen molar-refractivity contribution in [2.75, 3.05) is 5.32 Å². The van der Waals surface area contributed by atoms with Crippen LogP contribution in [-0.4, -0.2) is 19.9 Å². The standard InChI is InChI=1S/C13H19N3O3S/c1-9-4-5-10(8-11(9)20(15,18)19)16-12(17)13(14)6-2-3-7-13/h4-5,8H,2-3,6-7,14H2,1H3,(H,16,17)(H2,15,18,19). The van der Waals surface area contributed by atoms with Gasteiger partial charge in [0, 0.05) is 5.69 Å². The largest absolute Gasteiger partial charge is 0.324 e. The predicted octanol–water partition coefficient (Wildman–Crippen LogP) is 0.852. The van der Waals surface area contributed by atoms with Gasteiger partial charge in [-0.1, -0.05) is 18.9 Å². The zero-order valence-electron chi connectivity index (χ0n) is 11.3. The highest BCUT2D eigenvalue weighted by Gasteiger charge is 2.37. The molecule has 0 bridgehead atoms. The van der Waals surface area contributed by atoms with E-state index < -0.39 is 15.6 Å². The molecule has 2 rings (SSSR count). The first-order chi connectivity index (χ1) is 9.22. The Morgan fingerprint density at radius 3 is 2.45 bits per heavy atom. The number of carbonyl (C=O) groups is 1. The monoisotopic (exact) mass is 297 g/mol. The molecule has 0 unspecified atom stereocenters. The fourth-order valence-electron chi connectivity index (χ4n) is 2.47. The van der Waals surface area contributed by atoms with E-state index in [4.69, 9.17) is 10.9 Å². The Hall–Kier alpha value is -1.44. The number of aryl methyl sites for hydroxylation is 1. The van der Waals surface area contributed by atoms with Crippen LogP contribution in [0, 0.1) is 6.92 Å². The Bertz CT molecular complexity index is 634. The van der Waals surface area contributed by atoms with Crippen LogP contribution in [0.3, 0.4) is 0 Å². The highest BCUT2D eigenvalue weighted by Crippen LogP contribution is 2.29. The summed E-state index contributed by atoms with van der Waals surface area (Å²) in [7, 11) is -3.81. The summed E-state index contributed by atoms with van der Waals surface area (Å²) < 4.78 is 22.9. The summed E-state index contributed by atoms with van der Waals surface area (Å²) in [5, 5.41) is 7.82. The van der Waals surface area contributed by atoms with Gasteiger partial charge in [0.2, 0.25) is 15.9 Å². The van der Waals surface area contributed by atoms with Gasteiger partial charge in [-0.05, 0) is 37.5 Å². The van der Waals surface area contributed by atoms with Crippen LogP contribution in [0.15, 0.2) is 23.1 Å². The smallest absolute Gasteiger partial charge is 0.244 e. The Morgan fingerprint density at radius 2 is 1.90 bits per heavy atom. The first-order valence-electron chi connectivity index (χ1n) is 6.46. The molecule has 7 heteroatoms. The normalized spacial score (nSPS) is 17.9. The van der Waals surface area contributed by atoms with Crippen molar-refractivity contribution >= 4 is 21.6 Å². The van der Waals surface area contributed by atoms with Crippen molar-refractivity contribution in [3.63, 3.8) is 0 Å². The maximum atomic E-state index is 12.2. The molecule has 0 spiro atoms. The first kappa shape index (κ1) is 15.0. The number of nitrogens with two attached hydrogens (primary N) is 2. The lowest BCUT2D eigenvalue weighted by Crippen LogP contribution is -2.48. The number of rotatable bonds is 3. The molecule has 1 saturated carbocycles. The second kappa shape index (κ2) is 5.16. The van der Waals surface area contributed by atoms with E-state index in [0.29, 0.717) is 24.1 Å². The highest BCUT2D eigenvalue weighted by atomic mass is 32.2. The summed E-state index contributed by atoms with van der Waals surface area (Å²) in [5.74, 6) is -0.278. The van der Waals surface area contributed by atoms with E-state index in [1.54, 1.807) is 19.1 Å². The molecule has 1 aliphatic carbocycles. The van der Waals surface area contributed by atoms with Gasteiger partial charge in [0.05, 0.1) is 10.4 Å². The Balaban J connectivity index is 2.25. The molecule has 110 valence electrons. The van der Waals surface area contributed by atoms with E-state index >= 15 is 0 Å². The van der Waals surface area contributed by atoms with E-state index in [9.17, 15) is 13.2 Å². The molecule has 0 saturated heterocycles. The predicted molar refractivity (Wildman–Crippen MR) is 76.6 cm³/mol. The van der Waals surface area contributed by atoms with Crippen LogP contribution in [0.25, 0.3) is 0 Å². The first-order valence-corrected chi connectivity index (χ1v) is 8.01. The van der Waals surface area contributed by atoms with Gasteiger partial charge < -0.3 is 11.1 Å². The van der Waals surface area contributed by atoms with Crippen LogP contribution in [-0.2, 0) is 14.8 Å². The molecule has 5 N–H and O–H groups in total. The quantitative estimate of drug-likeness (QED) is 0.767. The van der Waals surface area contributed by atoms with Gasteiger partial charge in [0.25, 0.3) is 0 Å². The molecule has 0 aliphatic heterocycles. The second-order valence-corrected chi connectivity index (χ2v) is 6.87. The van der Waals surface area contributed by atoms with Crippen LogP contribution >= 0.6 is 0 Å². The van der Waals surface area contributed by atoms with Crippen molar-refractivity contribution < 1.29 is 13.2 Å². The number of amides is 1. The summed E-state index contributed by atoms with van der Waals surface area (Å²) in [4.78, 5) is 12.2. The molecule has 1 aromatic carbocycles. The third-order valence-electron chi connectivity index (χ3n) is 3.70. The van der Waals surface area contributed by atoms with Crippen molar-refractivity contribution in [1.29, 1.82) is 0 Å². The number of benzene rings is 1. The molecule has 20 heavy (non-hydrogen) atoms. The maximum absolute atomic E-state index is 12.2. The van der Waals surface area contributed by atoms with Gasteiger partial charge in [-0.3, -0.25) is 4.79 Å². The van der Waals surface area contributed by atoms with Gasteiger partial charge in [0.1, 0.15) is 0 Å². The molecule has 0 aromatic heterocycles. The lowest BCUT2D eigenvalue weighted by Gasteiger charge is -2.22. The van der Waals surface area contributed by atoms with Crippen molar-refractivity contribution in [3.8, 4) is 0 Å². The van der Waals surface area contributed by atoms with Crippen molar-refractivity contribution in [1.82, 2.24) is 0 Å². The van der Waals surface area contributed by atoms with Crippen LogP contribution in [0.1, 0.15) is 31.2 Å². The zero-order chi connectivity index (χ0) is 15.0. The molecule has 0 radical (unpaired) electrons. The van der Waals surface area contributed by atoms with E-state index in [1.165, 1.54) is 6.07 Å². The van der Waals surface area contributed by atoms with Crippen molar-refractivity contribution in [2.45, 2.75) is 43.0 Å². The molecule has 0 heterocycles. The lowest BCUT2D eigenvalue weighted by molar-refractivity contribution is -0.121. The molecule has 1 fully saturated rings. The van der Waals surface area contributed by atoms with Gasteiger partial charge >= 0.3 is 0 Å². The third kappa shape index (κ3) is 3.00. The molecular weight excluding hydrogens is 278 g/mol. The van der Waals surface area contributed by atoms with E-state index in [0.717, 1.165) is 12.8 Å². The fraction of sp³-hybridized carbons (Fsp3) is 0.462. The fourth-order valence-corrected chi connectivity index (χ4v) is 3.28. The van der Waals surface area contributed by atoms with Gasteiger partial charge in [-0.2, -0.15) is 0 Å². The number of hydrogen-bond donors (Lipinski definition) is 3. The van der Waals surface area contributed by atoms with Gasteiger partial charge in [-0.15, -0.1) is 0 Å². The number of nitrogens with one attached hydrogen (secondary N) is 1. The Labute approximate surface area is 118 Å². The molecule has 1 aliphatic rings. The average Bonchev–Trinajstić information content (AvgIpc) is 2.78. The van der Waals surface area contributed by atoms with Crippen molar-refractivity contribution in [3.05, 3.63) is 23.8 Å². The highest BCUT2D eigenvalue weighted by molar-refractivity contribution is 7.89. The number of hydrogen-bond acceptors (Lipinski definition) is 4. The summed E-state index contributed by atoms with van der Waals surface area (Å²) in [6.07, 6.45) is 3.15. The minimum Gasteiger partial charge on any atom is -0.324 e. The molecule has 1 amide bonds. The molecule has 6 nitrogen and oxygen atoms in total. The topological polar surface area (TPSA) is 115 Å². The van der Waals surface area contributed by atoms with E-state index in [2.05, 4.69) is 5.32 Å². The van der Waals surface area contributed by atoms with Crippen molar-refractivity contribution in [2.24, 2.45) is 10.9 Å². The van der Waals surface area contributed by atoms with Crippen LogP contribution in [0.5, 0.6) is 0 Å². The second-order valence-electron chi connectivity index (χ2n) is 5.34. The van der Waals surface area contributed by atoms with Gasteiger partial charge in [-0.25, -0.2) is 13.6 Å². The number of primary sulfonamides is 1. The molecule has 1 aromatic rings. The number of anilines is 1. The lowest BCUT2D eigenvalue weighted by atomic mass is 9.98. The zero-order valence-corrected chi connectivity index (χ0v) is 12.2. The van der Waals surface area contributed by atoms with Crippen LogP contribution in [0.2, 0.25) is 0 Å². The summed E-state index contributed by atoms with van der Waals surface area (Å²) >= 11 is 0. The van der Waals surface area contributed by atoms with E-state index in [-0.39, 0.29) is 10.8 Å². The SMILES string of the molecule is Cc1ccc(NC(=O)C2(N)CCCC2)cc1S(N)(=O)=O. The average molecular weight is 297 g/mol. The summed E-state index contributed by atoms with van der Waals surface area (Å²) in [6.45, 7) is 1.65. The maximum Gasteiger partial charge on any atom is 0.244 e. The van der Waals surface area contributed by atoms with Crippen LogP contribution in [0.4, 0.5) is 5.69 Å². The summed E-state index contributed by atoms with van der Waals surface area (Å²) in [6, 6.07) is 4.61. The minimum absolute atomic E-state index is 0.00722.